The van der Waals surface area contributed by atoms with Gasteiger partial charge in [-0.2, -0.15) is 5.10 Å². The van der Waals surface area contributed by atoms with Crippen molar-refractivity contribution in [2.24, 2.45) is 5.10 Å². The molecular formula is C24H22N2O3. The van der Waals surface area contributed by atoms with Gasteiger partial charge in [-0.25, -0.2) is 5.01 Å². The smallest absolute Gasteiger partial charge is 0.217 e. The molecule has 0 aliphatic carbocycles. The predicted octanol–water partition coefficient (Wildman–Crippen LogP) is 4.95. The average Bonchev–Trinajstić information content (AvgIpc) is 3.24. The Bertz CT molecular complexity index is 1060. The van der Waals surface area contributed by atoms with Crippen LogP contribution in [0.25, 0.3) is 0 Å². The van der Waals surface area contributed by atoms with E-state index in [0.29, 0.717) is 11.5 Å². The number of methoxy groups -OCH3 is 2. The SMILES string of the molecule is COc1cccc([C@@H]2Oc3ccccc3[C@@H]3CC(c4ccccc4)=NN32)c1OC. The van der Waals surface area contributed by atoms with Crippen molar-refractivity contribution in [2.45, 2.75) is 18.7 Å². The van der Waals surface area contributed by atoms with Crippen LogP contribution in [0.2, 0.25) is 0 Å². The number of hydrazone groups is 1. The van der Waals surface area contributed by atoms with E-state index >= 15 is 0 Å². The maximum absolute atomic E-state index is 6.44. The van der Waals surface area contributed by atoms with Crippen molar-refractivity contribution in [3.05, 3.63) is 89.5 Å². The van der Waals surface area contributed by atoms with Gasteiger partial charge in [0.15, 0.2) is 11.5 Å². The molecule has 0 fully saturated rings. The molecule has 0 radical (unpaired) electrons. The lowest BCUT2D eigenvalue weighted by atomic mass is 9.96. The highest BCUT2D eigenvalue weighted by molar-refractivity contribution is 6.01. The van der Waals surface area contributed by atoms with Crippen molar-refractivity contribution in [3.8, 4) is 17.2 Å². The van der Waals surface area contributed by atoms with E-state index in [1.54, 1.807) is 14.2 Å². The quantitative estimate of drug-likeness (QED) is 0.637. The number of hydrogen-bond acceptors (Lipinski definition) is 5. The molecule has 5 heteroatoms. The Morgan fingerprint density at radius 3 is 2.41 bits per heavy atom. The molecule has 5 nitrogen and oxygen atoms in total. The molecule has 0 saturated heterocycles. The summed E-state index contributed by atoms with van der Waals surface area (Å²) in [5, 5.41) is 7.05. The highest BCUT2D eigenvalue weighted by atomic mass is 16.5. The van der Waals surface area contributed by atoms with Crippen LogP contribution >= 0.6 is 0 Å². The van der Waals surface area contributed by atoms with Crippen LogP contribution in [0.15, 0.2) is 77.9 Å². The van der Waals surface area contributed by atoms with Gasteiger partial charge in [0, 0.05) is 12.0 Å². The van der Waals surface area contributed by atoms with Crippen molar-refractivity contribution < 1.29 is 14.2 Å². The monoisotopic (exact) mass is 386 g/mol. The van der Waals surface area contributed by atoms with Gasteiger partial charge in [-0.05, 0) is 23.8 Å². The Morgan fingerprint density at radius 1 is 0.862 bits per heavy atom. The lowest BCUT2D eigenvalue weighted by molar-refractivity contribution is -0.0205. The molecule has 2 atom stereocenters. The first-order chi connectivity index (χ1) is 14.3. The fourth-order valence-corrected chi connectivity index (χ4v) is 4.15. The summed E-state index contributed by atoms with van der Waals surface area (Å²) in [6, 6.07) is 24.5. The Labute approximate surface area is 170 Å². The summed E-state index contributed by atoms with van der Waals surface area (Å²) in [5.41, 5.74) is 4.24. The largest absolute Gasteiger partial charge is 0.493 e. The zero-order valence-electron chi connectivity index (χ0n) is 16.4. The number of nitrogens with zero attached hydrogens (tertiary/aromatic N) is 2. The van der Waals surface area contributed by atoms with Gasteiger partial charge in [-0.3, -0.25) is 0 Å². The van der Waals surface area contributed by atoms with Crippen LogP contribution in [0.5, 0.6) is 17.2 Å². The van der Waals surface area contributed by atoms with Crippen molar-refractivity contribution >= 4 is 5.71 Å². The summed E-state index contributed by atoms with van der Waals surface area (Å²) in [6.45, 7) is 0. The lowest BCUT2D eigenvalue weighted by Gasteiger charge is -2.38. The summed E-state index contributed by atoms with van der Waals surface area (Å²) < 4.78 is 17.6. The van der Waals surface area contributed by atoms with Crippen LogP contribution in [0.1, 0.15) is 35.4 Å². The van der Waals surface area contributed by atoms with Gasteiger partial charge in [0.05, 0.1) is 31.5 Å². The summed E-state index contributed by atoms with van der Waals surface area (Å²) >= 11 is 0. The van der Waals surface area contributed by atoms with Gasteiger partial charge in [0.25, 0.3) is 0 Å². The third kappa shape index (κ3) is 2.90. The summed E-state index contributed by atoms with van der Waals surface area (Å²) in [6.07, 6.45) is 0.425. The summed E-state index contributed by atoms with van der Waals surface area (Å²) in [4.78, 5) is 0. The molecule has 2 aliphatic rings. The molecule has 0 amide bonds. The van der Waals surface area contributed by atoms with E-state index < -0.39 is 6.23 Å². The second kappa shape index (κ2) is 7.17. The topological polar surface area (TPSA) is 43.3 Å². The number of benzene rings is 3. The Balaban J connectivity index is 1.64. The normalized spacial score (nSPS) is 19.7. The number of fused-ring (bicyclic) bond motifs is 3. The van der Waals surface area contributed by atoms with Crippen LogP contribution in [0.4, 0.5) is 0 Å². The van der Waals surface area contributed by atoms with Crippen molar-refractivity contribution in [1.29, 1.82) is 0 Å². The molecule has 146 valence electrons. The van der Waals surface area contributed by atoms with E-state index in [1.165, 1.54) is 0 Å². The molecule has 0 unspecified atom stereocenters. The molecule has 0 saturated carbocycles. The third-order valence-corrected chi connectivity index (χ3v) is 5.51. The first-order valence-corrected chi connectivity index (χ1v) is 9.68. The van der Waals surface area contributed by atoms with E-state index in [1.807, 2.05) is 54.6 Å². The standard InChI is InChI=1S/C24H22N2O3/c1-27-22-14-8-12-18(23(22)28-2)24-26-20(17-11-6-7-13-21(17)29-24)15-19(25-26)16-9-4-3-5-10-16/h3-14,20,24H,15H2,1-2H3/t20-,24-/m0/s1. The fourth-order valence-electron chi connectivity index (χ4n) is 4.15. The van der Waals surface area contributed by atoms with Gasteiger partial charge in [-0.15, -0.1) is 0 Å². The van der Waals surface area contributed by atoms with Crippen LogP contribution in [-0.2, 0) is 0 Å². The van der Waals surface area contributed by atoms with E-state index in [9.17, 15) is 0 Å². The Morgan fingerprint density at radius 2 is 1.62 bits per heavy atom. The maximum Gasteiger partial charge on any atom is 0.217 e. The summed E-state index contributed by atoms with van der Waals surface area (Å²) in [5.74, 6) is 2.23. The Kier molecular flexibility index (Phi) is 4.35. The van der Waals surface area contributed by atoms with Gasteiger partial charge in [0.2, 0.25) is 6.23 Å². The minimum Gasteiger partial charge on any atom is -0.493 e. The van der Waals surface area contributed by atoms with Crippen LogP contribution in [-0.4, -0.2) is 24.9 Å². The zero-order chi connectivity index (χ0) is 19.8. The first kappa shape index (κ1) is 17.6. The van der Waals surface area contributed by atoms with Gasteiger partial charge in [-0.1, -0.05) is 54.6 Å². The van der Waals surface area contributed by atoms with E-state index in [0.717, 1.165) is 34.6 Å². The molecule has 0 aromatic heterocycles. The van der Waals surface area contributed by atoms with Crippen LogP contribution < -0.4 is 14.2 Å². The number of rotatable bonds is 4. The number of para-hydroxylation sites is 2. The van der Waals surface area contributed by atoms with E-state index in [-0.39, 0.29) is 6.04 Å². The van der Waals surface area contributed by atoms with Crippen molar-refractivity contribution in [1.82, 2.24) is 5.01 Å². The number of hydrogen-bond donors (Lipinski definition) is 0. The first-order valence-electron chi connectivity index (χ1n) is 9.68. The summed E-state index contributed by atoms with van der Waals surface area (Å²) in [7, 11) is 3.29. The van der Waals surface area contributed by atoms with Crippen LogP contribution in [0, 0.1) is 0 Å². The molecule has 3 aromatic rings. The van der Waals surface area contributed by atoms with Crippen LogP contribution in [0.3, 0.4) is 0 Å². The van der Waals surface area contributed by atoms with Gasteiger partial charge in [0.1, 0.15) is 5.75 Å². The average molecular weight is 386 g/mol. The molecule has 2 aliphatic heterocycles. The molecule has 0 N–H and O–H groups in total. The lowest BCUT2D eigenvalue weighted by Crippen LogP contribution is -2.34. The second-order valence-electron chi connectivity index (χ2n) is 7.10. The minimum absolute atomic E-state index is 0.107. The number of ether oxygens (including phenoxy) is 3. The van der Waals surface area contributed by atoms with E-state index in [4.69, 9.17) is 19.3 Å². The zero-order valence-corrected chi connectivity index (χ0v) is 16.4. The molecular weight excluding hydrogens is 364 g/mol. The fraction of sp³-hybridized carbons (Fsp3) is 0.208. The maximum atomic E-state index is 6.44. The minimum atomic E-state index is -0.402. The third-order valence-electron chi connectivity index (χ3n) is 5.51. The van der Waals surface area contributed by atoms with Crippen molar-refractivity contribution in [2.75, 3.05) is 14.2 Å². The highest BCUT2D eigenvalue weighted by Gasteiger charge is 2.42. The predicted molar refractivity (Wildman–Crippen MR) is 112 cm³/mol. The molecule has 3 aromatic carbocycles. The molecule has 0 bridgehead atoms. The molecule has 29 heavy (non-hydrogen) atoms. The van der Waals surface area contributed by atoms with Crippen molar-refractivity contribution in [3.63, 3.8) is 0 Å². The Hall–Kier alpha value is -3.47. The second-order valence-corrected chi connectivity index (χ2v) is 7.10. The van der Waals surface area contributed by atoms with E-state index in [2.05, 4.69) is 23.2 Å². The van der Waals surface area contributed by atoms with Gasteiger partial charge < -0.3 is 14.2 Å². The highest BCUT2D eigenvalue weighted by Crippen LogP contribution is 2.49. The molecule has 0 spiro atoms. The molecule has 2 heterocycles. The molecule has 5 rings (SSSR count). The van der Waals surface area contributed by atoms with Gasteiger partial charge >= 0.3 is 0 Å².